The molecule has 2 aromatic rings. The van der Waals surface area contributed by atoms with Crippen LogP contribution < -0.4 is 15.4 Å². The van der Waals surface area contributed by atoms with E-state index < -0.39 is 24.0 Å². The van der Waals surface area contributed by atoms with E-state index in [-0.39, 0.29) is 48.1 Å². The highest BCUT2D eigenvalue weighted by molar-refractivity contribution is 6.02. The van der Waals surface area contributed by atoms with Gasteiger partial charge in [0.15, 0.2) is 5.75 Å². The van der Waals surface area contributed by atoms with Crippen LogP contribution in [0.2, 0.25) is 0 Å². The number of ether oxygens (including phenoxy) is 1. The van der Waals surface area contributed by atoms with Gasteiger partial charge in [-0.15, -0.1) is 0 Å². The normalized spacial score (nSPS) is 20.1. The molecule has 0 aromatic heterocycles. The lowest BCUT2D eigenvalue weighted by Crippen LogP contribution is -2.50. The average molecular weight is 513 g/mol. The highest BCUT2D eigenvalue weighted by atomic mass is 19.1. The molecule has 2 aliphatic rings. The zero-order valence-electron chi connectivity index (χ0n) is 21.2. The maximum atomic E-state index is 13.5. The molecular formula is C27H33FN4O5. The third-order valence-corrected chi connectivity index (χ3v) is 6.79. The van der Waals surface area contributed by atoms with Gasteiger partial charge in [0.25, 0.3) is 5.91 Å². The third kappa shape index (κ3) is 6.19. The van der Waals surface area contributed by atoms with Crippen molar-refractivity contribution in [1.29, 1.82) is 0 Å². The van der Waals surface area contributed by atoms with Crippen LogP contribution in [0.5, 0.6) is 5.75 Å². The molecule has 0 bridgehead atoms. The monoisotopic (exact) mass is 512 g/mol. The number of hydrogen-bond donors (Lipinski definition) is 3. The number of likely N-dealkylation sites (N-methyl/N-ethyl adjacent to an activating group) is 1. The predicted octanol–water partition coefficient (Wildman–Crippen LogP) is 3.56. The topological polar surface area (TPSA) is 111 Å². The third-order valence-electron chi connectivity index (χ3n) is 6.79. The Hall–Kier alpha value is -3.66. The van der Waals surface area contributed by atoms with E-state index in [9.17, 15) is 23.9 Å². The van der Waals surface area contributed by atoms with E-state index in [1.807, 2.05) is 6.92 Å². The summed E-state index contributed by atoms with van der Waals surface area (Å²) in [5, 5.41) is 15.4. The van der Waals surface area contributed by atoms with Crippen molar-refractivity contribution in [3.05, 3.63) is 53.8 Å². The Bertz CT molecular complexity index is 1150. The molecule has 10 heteroatoms. The zero-order chi connectivity index (χ0) is 26.7. The summed E-state index contributed by atoms with van der Waals surface area (Å²) in [5.74, 6) is -0.830. The first-order valence-electron chi connectivity index (χ1n) is 12.5. The fraction of sp³-hybridized carbons (Fsp3) is 0.444. The van der Waals surface area contributed by atoms with Crippen molar-refractivity contribution in [2.45, 2.75) is 38.8 Å². The number of halogens is 1. The molecule has 198 valence electrons. The van der Waals surface area contributed by atoms with Gasteiger partial charge in [-0.1, -0.05) is 13.0 Å². The summed E-state index contributed by atoms with van der Waals surface area (Å²) in [6, 6.07) is 9.65. The number of fused-ring (bicyclic) bond motifs is 1. The Kier molecular flexibility index (Phi) is 7.97. The van der Waals surface area contributed by atoms with E-state index in [4.69, 9.17) is 4.74 Å². The van der Waals surface area contributed by atoms with Crippen molar-refractivity contribution < 1.29 is 28.6 Å². The largest absolute Gasteiger partial charge is 0.485 e. The van der Waals surface area contributed by atoms with E-state index in [1.165, 1.54) is 29.2 Å². The number of rotatable bonds is 7. The first-order valence-corrected chi connectivity index (χ1v) is 12.5. The van der Waals surface area contributed by atoms with Gasteiger partial charge in [-0.25, -0.2) is 9.18 Å². The molecule has 0 radical (unpaired) electrons. The van der Waals surface area contributed by atoms with E-state index in [0.717, 1.165) is 12.8 Å². The molecule has 3 N–H and O–H groups in total. The number of nitrogens with zero attached hydrogens (tertiary/aromatic N) is 2. The van der Waals surface area contributed by atoms with Crippen molar-refractivity contribution in [3.63, 3.8) is 0 Å². The van der Waals surface area contributed by atoms with Gasteiger partial charge < -0.3 is 30.3 Å². The van der Waals surface area contributed by atoms with E-state index in [2.05, 4.69) is 10.6 Å². The number of anilines is 2. The second-order valence-electron chi connectivity index (χ2n) is 9.89. The number of amides is 4. The van der Waals surface area contributed by atoms with Crippen LogP contribution in [0.4, 0.5) is 20.6 Å². The van der Waals surface area contributed by atoms with Crippen LogP contribution in [-0.4, -0.2) is 71.6 Å². The first-order chi connectivity index (χ1) is 17.7. The molecule has 37 heavy (non-hydrogen) atoms. The summed E-state index contributed by atoms with van der Waals surface area (Å²) in [5.41, 5.74) is 1.13. The van der Waals surface area contributed by atoms with E-state index in [0.29, 0.717) is 17.9 Å². The molecule has 4 amide bonds. The van der Waals surface area contributed by atoms with Gasteiger partial charge in [0, 0.05) is 31.1 Å². The highest BCUT2D eigenvalue weighted by Gasteiger charge is 2.36. The number of carbonyl (C=O) groups excluding carboxylic acids is 3. The SMILES string of the molecule is C[C@@H]1CN([C@@H](C)CO)C(=O)c2cccc(NC(=O)C3CC3)c2O[C@@H]1CN(C)C(=O)Nc1ccc(F)cc1. The van der Waals surface area contributed by atoms with Crippen molar-refractivity contribution in [2.24, 2.45) is 11.8 Å². The van der Waals surface area contributed by atoms with Crippen LogP contribution in [-0.2, 0) is 4.79 Å². The number of nitrogens with one attached hydrogen (secondary N) is 2. The number of carbonyl (C=O) groups is 3. The second kappa shape index (κ2) is 11.2. The predicted molar refractivity (Wildman–Crippen MR) is 137 cm³/mol. The number of aliphatic hydroxyl groups is 1. The molecule has 4 rings (SSSR count). The summed E-state index contributed by atoms with van der Waals surface area (Å²) in [4.78, 5) is 42.0. The van der Waals surface area contributed by atoms with Crippen LogP contribution in [0.15, 0.2) is 42.5 Å². The van der Waals surface area contributed by atoms with Gasteiger partial charge in [-0.05, 0) is 56.2 Å². The van der Waals surface area contributed by atoms with Crippen LogP contribution >= 0.6 is 0 Å². The highest BCUT2D eigenvalue weighted by Crippen LogP contribution is 2.37. The standard InChI is InChI=1S/C27H33FN4O5/c1-16-13-32(17(2)15-33)26(35)21-5-4-6-22(30-25(34)18-7-8-18)24(21)37-23(16)14-31(3)27(36)29-20-11-9-19(28)10-12-20/h4-6,9-12,16-18,23,33H,7-8,13-15H2,1-3H3,(H,29,36)(H,30,34)/t16-,17+,23-/m1/s1. The van der Waals surface area contributed by atoms with Gasteiger partial charge >= 0.3 is 6.03 Å². The lowest BCUT2D eigenvalue weighted by molar-refractivity contribution is -0.117. The van der Waals surface area contributed by atoms with E-state index in [1.54, 1.807) is 37.1 Å². The minimum Gasteiger partial charge on any atom is -0.485 e. The van der Waals surface area contributed by atoms with Crippen LogP contribution in [0.1, 0.15) is 37.0 Å². The fourth-order valence-corrected chi connectivity index (χ4v) is 4.24. The summed E-state index contributed by atoms with van der Waals surface area (Å²) in [6.07, 6.45) is 1.12. The van der Waals surface area contributed by atoms with Gasteiger partial charge in [0.05, 0.1) is 30.4 Å². The summed E-state index contributed by atoms with van der Waals surface area (Å²) in [6.45, 7) is 3.95. The molecule has 1 fully saturated rings. The molecule has 0 unspecified atom stereocenters. The van der Waals surface area contributed by atoms with Crippen LogP contribution in [0, 0.1) is 17.7 Å². The molecule has 3 atom stereocenters. The molecule has 9 nitrogen and oxygen atoms in total. The summed E-state index contributed by atoms with van der Waals surface area (Å²) < 4.78 is 19.6. The quantitative estimate of drug-likeness (QED) is 0.525. The lowest BCUT2D eigenvalue weighted by atomic mass is 9.99. The Morgan fingerprint density at radius 1 is 1.19 bits per heavy atom. The summed E-state index contributed by atoms with van der Waals surface area (Å²) >= 11 is 0. The smallest absolute Gasteiger partial charge is 0.321 e. The molecule has 1 heterocycles. The Morgan fingerprint density at radius 2 is 1.89 bits per heavy atom. The van der Waals surface area contributed by atoms with Crippen molar-refractivity contribution >= 4 is 29.2 Å². The van der Waals surface area contributed by atoms with Gasteiger partial charge in [-0.3, -0.25) is 9.59 Å². The van der Waals surface area contributed by atoms with Gasteiger partial charge in [0.1, 0.15) is 11.9 Å². The van der Waals surface area contributed by atoms with Crippen molar-refractivity contribution in [3.8, 4) is 5.75 Å². The van der Waals surface area contributed by atoms with E-state index >= 15 is 0 Å². The summed E-state index contributed by atoms with van der Waals surface area (Å²) in [7, 11) is 1.62. The molecular weight excluding hydrogens is 479 g/mol. The molecule has 0 saturated heterocycles. The molecule has 2 aromatic carbocycles. The maximum absolute atomic E-state index is 13.5. The van der Waals surface area contributed by atoms with Crippen LogP contribution in [0.3, 0.4) is 0 Å². The van der Waals surface area contributed by atoms with Crippen molar-refractivity contribution in [2.75, 3.05) is 37.4 Å². The number of para-hydroxylation sites is 1. The minimum absolute atomic E-state index is 0.0398. The zero-order valence-corrected chi connectivity index (χ0v) is 21.2. The molecule has 1 aliphatic heterocycles. The average Bonchev–Trinajstić information content (AvgIpc) is 3.73. The fourth-order valence-electron chi connectivity index (χ4n) is 4.24. The Balaban J connectivity index is 1.61. The number of hydrogen-bond acceptors (Lipinski definition) is 5. The molecule has 0 spiro atoms. The number of benzene rings is 2. The molecule has 1 aliphatic carbocycles. The number of aliphatic hydroxyl groups excluding tert-OH is 1. The minimum atomic E-state index is -0.539. The Labute approximate surface area is 215 Å². The molecule has 1 saturated carbocycles. The van der Waals surface area contributed by atoms with Crippen LogP contribution in [0.25, 0.3) is 0 Å². The van der Waals surface area contributed by atoms with Crippen molar-refractivity contribution in [1.82, 2.24) is 9.80 Å². The first kappa shape index (κ1) is 26.4. The maximum Gasteiger partial charge on any atom is 0.321 e. The second-order valence-corrected chi connectivity index (χ2v) is 9.89. The Morgan fingerprint density at radius 3 is 2.54 bits per heavy atom. The van der Waals surface area contributed by atoms with Gasteiger partial charge in [-0.2, -0.15) is 0 Å². The number of urea groups is 1. The lowest BCUT2D eigenvalue weighted by Gasteiger charge is -2.38. The van der Waals surface area contributed by atoms with Gasteiger partial charge in [0.2, 0.25) is 5.91 Å².